The number of fused-ring (bicyclic) bond motifs is 1. The molecule has 0 spiro atoms. The van der Waals surface area contributed by atoms with E-state index in [1.54, 1.807) is 36.8 Å². The van der Waals surface area contributed by atoms with Crippen LogP contribution in [0.5, 0.6) is 0 Å². The van der Waals surface area contributed by atoms with Crippen molar-refractivity contribution < 1.29 is 13.2 Å². The van der Waals surface area contributed by atoms with Gasteiger partial charge in [0.15, 0.2) is 9.84 Å². The molecule has 0 amide bonds. The molecule has 1 heterocycles. The molecule has 0 saturated carbocycles. The molecule has 1 atom stereocenters. The van der Waals surface area contributed by atoms with Gasteiger partial charge in [-0.15, -0.1) is 0 Å². The van der Waals surface area contributed by atoms with Gasteiger partial charge in [0, 0.05) is 18.9 Å². The average molecular weight is 508 g/mol. The summed E-state index contributed by atoms with van der Waals surface area (Å²) in [4.78, 5) is 4.55. The SMILES string of the molecule is Cn1cncc1C(OCc1ccc(S(C)(=O)=O)cc1)c1ccc(C#N)c(-c2cccc3ccccc23)c1. The number of imidazole rings is 1. The van der Waals surface area contributed by atoms with Crippen molar-refractivity contribution in [3.8, 4) is 17.2 Å². The number of aryl methyl sites for hydroxylation is 1. The van der Waals surface area contributed by atoms with Gasteiger partial charge < -0.3 is 9.30 Å². The number of aromatic nitrogens is 2. The third-order valence-corrected chi connectivity index (χ3v) is 7.57. The largest absolute Gasteiger partial charge is 0.363 e. The molecule has 5 aromatic rings. The van der Waals surface area contributed by atoms with E-state index >= 15 is 0 Å². The van der Waals surface area contributed by atoms with E-state index in [1.165, 1.54) is 6.26 Å². The number of ether oxygens (including phenoxy) is 1. The highest BCUT2D eigenvalue weighted by atomic mass is 32.2. The molecule has 0 aliphatic carbocycles. The van der Waals surface area contributed by atoms with E-state index < -0.39 is 15.9 Å². The number of hydrogen-bond acceptors (Lipinski definition) is 5. The second-order valence-electron chi connectivity index (χ2n) is 8.98. The predicted octanol–water partition coefficient (Wildman–Crippen LogP) is 5.82. The lowest BCUT2D eigenvalue weighted by atomic mass is 9.92. The van der Waals surface area contributed by atoms with Crippen molar-refractivity contribution in [2.24, 2.45) is 7.05 Å². The summed E-state index contributed by atoms with van der Waals surface area (Å²) in [5, 5.41) is 12.1. The van der Waals surface area contributed by atoms with Crippen LogP contribution in [0, 0.1) is 11.3 Å². The molecule has 6 nitrogen and oxygen atoms in total. The lowest BCUT2D eigenvalue weighted by molar-refractivity contribution is 0.0622. The first kappa shape index (κ1) is 24.4. The van der Waals surface area contributed by atoms with Crippen molar-refractivity contribution >= 4 is 20.6 Å². The summed E-state index contributed by atoms with van der Waals surface area (Å²) >= 11 is 0. The van der Waals surface area contributed by atoms with E-state index in [9.17, 15) is 13.7 Å². The molecule has 4 aromatic carbocycles. The lowest BCUT2D eigenvalue weighted by Gasteiger charge is -2.21. The second-order valence-corrected chi connectivity index (χ2v) is 11.0. The molecule has 184 valence electrons. The van der Waals surface area contributed by atoms with Gasteiger partial charge in [-0.1, -0.05) is 60.7 Å². The highest BCUT2D eigenvalue weighted by Gasteiger charge is 2.21. The first-order chi connectivity index (χ1) is 17.8. The lowest BCUT2D eigenvalue weighted by Crippen LogP contribution is -2.11. The minimum Gasteiger partial charge on any atom is -0.363 e. The van der Waals surface area contributed by atoms with Crippen molar-refractivity contribution in [2.45, 2.75) is 17.6 Å². The summed E-state index contributed by atoms with van der Waals surface area (Å²) in [6.07, 6.45) is 4.23. The summed E-state index contributed by atoms with van der Waals surface area (Å²) in [7, 11) is -1.36. The van der Waals surface area contributed by atoms with Crippen LogP contribution in [-0.2, 0) is 28.2 Å². The third-order valence-electron chi connectivity index (χ3n) is 6.44. The molecule has 37 heavy (non-hydrogen) atoms. The Labute approximate surface area is 216 Å². The van der Waals surface area contributed by atoms with Crippen LogP contribution in [-0.4, -0.2) is 24.2 Å². The number of hydrogen-bond donors (Lipinski definition) is 0. The smallest absolute Gasteiger partial charge is 0.175 e. The van der Waals surface area contributed by atoms with Crippen molar-refractivity contribution in [1.29, 1.82) is 5.26 Å². The van der Waals surface area contributed by atoms with Crippen LogP contribution in [0.4, 0.5) is 0 Å². The maximum atomic E-state index is 11.8. The first-order valence-electron chi connectivity index (χ1n) is 11.7. The van der Waals surface area contributed by atoms with Crippen LogP contribution in [0.1, 0.15) is 28.5 Å². The zero-order valence-corrected chi connectivity index (χ0v) is 21.3. The zero-order chi connectivity index (χ0) is 26.0. The maximum Gasteiger partial charge on any atom is 0.175 e. The van der Waals surface area contributed by atoms with Gasteiger partial charge in [0.05, 0.1) is 41.4 Å². The number of rotatable bonds is 7. The van der Waals surface area contributed by atoms with Crippen molar-refractivity contribution in [3.05, 3.63) is 120 Å². The first-order valence-corrected chi connectivity index (χ1v) is 13.6. The highest BCUT2D eigenvalue weighted by Crippen LogP contribution is 2.35. The molecule has 0 bridgehead atoms. The summed E-state index contributed by atoms with van der Waals surface area (Å²) in [5.41, 5.74) is 5.00. The fraction of sp³-hybridized carbons (Fsp3) is 0.133. The quantitative estimate of drug-likeness (QED) is 0.277. The van der Waals surface area contributed by atoms with Crippen molar-refractivity contribution in [3.63, 3.8) is 0 Å². The minimum atomic E-state index is -3.27. The number of nitrogens with zero attached hydrogens (tertiary/aromatic N) is 3. The summed E-state index contributed by atoms with van der Waals surface area (Å²) < 4.78 is 31.9. The standard InChI is InChI=1S/C30H25N3O3S/c1-33-20-32-18-29(33)30(36-19-21-10-14-25(15-11-21)37(2,34)35)23-12-13-24(17-31)28(16-23)27-9-5-7-22-6-3-4-8-26(22)27/h3-16,18,20,30H,19H2,1-2H3. The van der Waals surface area contributed by atoms with Gasteiger partial charge in [-0.2, -0.15) is 5.26 Å². The number of nitriles is 1. The Bertz CT molecular complexity index is 1730. The number of benzene rings is 4. The third kappa shape index (κ3) is 5.03. The summed E-state index contributed by atoms with van der Waals surface area (Å²) in [6.45, 7) is 0.267. The molecule has 0 fully saturated rings. The Balaban J connectivity index is 1.55. The van der Waals surface area contributed by atoms with E-state index in [2.05, 4.69) is 29.3 Å². The second kappa shape index (κ2) is 10.0. The molecule has 0 N–H and O–H groups in total. The van der Waals surface area contributed by atoms with Crippen LogP contribution in [0.25, 0.3) is 21.9 Å². The Morgan fingerprint density at radius 1 is 0.973 bits per heavy atom. The Morgan fingerprint density at radius 3 is 2.43 bits per heavy atom. The van der Waals surface area contributed by atoms with E-state index in [0.717, 1.165) is 38.7 Å². The molecular formula is C30H25N3O3S. The number of sulfone groups is 1. The molecule has 0 radical (unpaired) electrons. The maximum absolute atomic E-state index is 11.8. The van der Waals surface area contributed by atoms with Crippen molar-refractivity contribution in [1.82, 2.24) is 9.55 Å². The Kier molecular flexibility index (Phi) is 6.62. The summed E-state index contributed by atoms with van der Waals surface area (Å²) in [5.74, 6) is 0. The highest BCUT2D eigenvalue weighted by molar-refractivity contribution is 7.90. The normalized spacial score (nSPS) is 12.4. The van der Waals surface area contributed by atoms with Crippen LogP contribution < -0.4 is 0 Å². The Hall–Kier alpha value is -4.25. The van der Waals surface area contributed by atoms with Gasteiger partial charge in [0.25, 0.3) is 0 Å². The van der Waals surface area contributed by atoms with E-state index in [4.69, 9.17) is 4.74 Å². The fourth-order valence-electron chi connectivity index (χ4n) is 4.49. The zero-order valence-electron chi connectivity index (χ0n) is 20.5. The van der Waals surface area contributed by atoms with Crippen LogP contribution in [0.3, 0.4) is 0 Å². The summed E-state index contributed by atoms with van der Waals surface area (Å²) in [6, 6.07) is 29.0. The molecule has 5 rings (SSSR count). The molecular weight excluding hydrogens is 482 g/mol. The van der Waals surface area contributed by atoms with Crippen LogP contribution in [0.15, 0.2) is 102 Å². The Morgan fingerprint density at radius 2 is 1.73 bits per heavy atom. The van der Waals surface area contributed by atoms with Gasteiger partial charge in [0.2, 0.25) is 0 Å². The molecule has 0 aliphatic heterocycles. The van der Waals surface area contributed by atoms with E-state index in [1.807, 2.05) is 54.1 Å². The van der Waals surface area contributed by atoms with Gasteiger partial charge in [-0.05, 0) is 51.7 Å². The molecule has 0 saturated heterocycles. The molecule has 7 heteroatoms. The van der Waals surface area contributed by atoms with Gasteiger partial charge in [-0.3, -0.25) is 0 Å². The predicted molar refractivity (Wildman–Crippen MR) is 143 cm³/mol. The van der Waals surface area contributed by atoms with Gasteiger partial charge >= 0.3 is 0 Å². The molecule has 1 unspecified atom stereocenters. The monoisotopic (exact) mass is 507 g/mol. The van der Waals surface area contributed by atoms with Gasteiger partial charge in [-0.25, -0.2) is 13.4 Å². The molecule has 1 aromatic heterocycles. The fourth-order valence-corrected chi connectivity index (χ4v) is 5.12. The van der Waals surface area contributed by atoms with Crippen LogP contribution >= 0.6 is 0 Å². The van der Waals surface area contributed by atoms with E-state index in [-0.39, 0.29) is 11.5 Å². The van der Waals surface area contributed by atoms with Gasteiger partial charge in [0.1, 0.15) is 6.10 Å². The molecule has 0 aliphatic rings. The topological polar surface area (TPSA) is 85.0 Å². The van der Waals surface area contributed by atoms with Crippen molar-refractivity contribution in [2.75, 3.05) is 6.26 Å². The van der Waals surface area contributed by atoms with E-state index in [0.29, 0.717) is 5.56 Å². The minimum absolute atomic E-state index is 0.267. The van der Waals surface area contributed by atoms with Crippen LogP contribution in [0.2, 0.25) is 0 Å². The average Bonchev–Trinajstić information content (AvgIpc) is 3.33.